The van der Waals surface area contributed by atoms with Crippen molar-refractivity contribution < 1.29 is 39.3 Å². The number of aromatic hydroxyl groups is 1. The van der Waals surface area contributed by atoms with Crippen molar-refractivity contribution in [3.05, 3.63) is 29.8 Å². The lowest BCUT2D eigenvalue weighted by molar-refractivity contribution is -0.143. The van der Waals surface area contributed by atoms with Gasteiger partial charge in [0.15, 0.2) is 0 Å². The van der Waals surface area contributed by atoms with Crippen LogP contribution in [0, 0.1) is 0 Å². The molecule has 38 heavy (non-hydrogen) atoms. The highest BCUT2D eigenvalue weighted by molar-refractivity contribution is 5.94. The molecule has 0 saturated carbocycles. The maximum absolute atomic E-state index is 13.3. The van der Waals surface area contributed by atoms with Crippen LogP contribution in [0.2, 0.25) is 0 Å². The predicted octanol–water partition coefficient (Wildman–Crippen LogP) is -0.780. The Hall–Kier alpha value is -3.71. The first-order valence-electron chi connectivity index (χ1n) is 12.7. The molecule has 1 aromatic carbocycles. The molecule has 0 spiro atoms. The Labute approximate surface area is 220 Å². The van der Waals surface area contributed by atoms with E-state index in [0.717, 1.165) is 6.42 Å². The van der Waals surface area contributed by atoms with Crippen LogP contribution >= 0.6 is 0 Å². The monoisotopic (exact) mass is 535 g/mol. The number of phenolic OH excluding ortho intramolecular Hbond substituents is 1. The van der Waals surface area contributed by atoms with Gasteiger partial charge in [0.2, 0.25) is 17.7 Å². The number of hydrogen-bond acceptors (Lipinski definition) is 8. The molecule has 1 fully saturated rings. The van der Waals surface area contributed by atoms with E-state index in [1.165, 1.54) is 12.1 Å². The molecule has 0 bridgehead atoms. The van der Waals surface area contributed by atoms with Gasteiger partial charge >= 0.3 is 11.9 Å². The number of carbonyl (C=O) groups is 5. The van der Waals surface area contributed by atoms with Gasteiger partial charge in [-0.3, -0.25) is 19.2 Å². The fraction of sp³-hybridized carbons (Fsp3) is 0.560. The molecular weight excluding hydrogens is 498 g/mol. The highest BCUT2D eigenvalue weighted by Gasteiger charge is 2.31. The number of carbonyl (C=O) groups excluding carboxylic acids is 3. The molecule has 4 atom stereocenters. The third kappa shape index (κ3) is 10.3. The SMILES string of the molecule is NCCCCC(NC(=O)C1CCCN1)C(=O)NC(Cc1ccc(O)cc1)C(=O)NC(CCC(=O)O)C(=O)O. The van der Waals surface area contributed by atoms with Crippen molar-refractivity contribution in [2.75, 3.05) is 13.1 Å². The van der Waals surface area contributed by atoms with Crippen LogP contribution < -0.4 is 27.0 Å². The van der Waals surface area contributed by atoms with Crippen LogP contribution in [-0.4, -0.2) is 82.2 Å². The molecule has 1 aliphatic rings. The van der Waals surface area contributed by atoms with Gasteiger partial charge in [0, 0.05) is 12.8 Å². The van der Waals surface area contributed by atoms with Gasteiger partial charge in [-0.05, 0) is 69.3 Å². The van der Waals surface area contributed by atoms with Crippen LogP contribution in [0.1, 0.15) is 50.5 Å². The molecule has 9 N–H and O–H groups in total. The fourth-order valence-corrected chi connectivity index (χ4v) is 4.09. The zero-order chi connectivity index (χ0) is 28.1. The van der Waals surface area contributed by atoms with Crippen LogP contribution in [0.5, 0.6) is 5.75 Å². The predicted molar refractivity (Wildman–Crippen MR) is 136 cm³/mol. The minimum absolute atomic E-state index is 0.00148. The Kier molecular flexibility index (Phi) is 12.5. The Morgan fingerprint density at radius 1 is 0.921 bits per heavy atom. The smallest absolute Gasteiger partial charge is 0.326 e. The maximum Gasteiger partial charge on any atom is 0.326 e. The lowest BCUT2D eigenvalue weighted by Gasteiger charge is -2.25. The summed E-state index contributed by atoms with van der Waals surface area (Å²) in [6.07, 6.45) is 2.08. The lowest BCUT2D eigenvalue weighted by Crippen LogP contribution is -2.57. The van der Waals surface area contributed by atoms with Crippen molar-refractivity contribution in [2.24, 2.45) is 5.73 Å². The molecule has 0 aliphatic carbocycles. The number of amides is 3. The lowest BCUT2D eigenvalue weighted by atomic mass is 10.0. The van der Waals surface area contributed by atoms with Gasteiger partial charge in [-0.1, -0.05) is 12.1 Å². The number of hydrogen-bond donors (Lipinski definition) is 8. The fourth-order valence-electron chi connectivity index (χ4n) is 4.09. The van der Waals surface area contributed by atoms with Crippen LogP contribution in [0.4, 0.5) is 0 Å². The standard InChI is InChI=1S/C25H37N5O8/c26-12-2-1-4-18(28-22(34)17-5-3-13-27-17)23(35)30-20(14-15-6-8-16(31)9-7-15)24(36)29-19(25(37)38)10-11-21(32)33/h6-9,17-20,27,31H,1-5,10-14,26H2,(H,28,34)(H,29,36)(H,30,35)(H,32,33)(H,37,38). The van der Waals surface area contributed by atoms with E-state index in [-0.39, 0.29) is 30.9 Å². The summed E-state index contributed by atoms with van der Waals surface area (Å²) in [7, 11) is 0. The van der Waals surface area contributed by atoms with E-state index >= 15 is 0 Å². The summed E-state index contributed by atoms with van der Waals surface area (Å²) in [6.45, 7) is 1.11. The first-order chi connectivity index (χ1) is 18.1. The summed E-state index contributed by atoms with van der Waals surface area (Å²) in [5, 5.41) is 38.6. The average Bonchev–Trinajstić information content (AvgIpc) is 3.41. The van der Waals surface area contributed by atoms with Crippen molar-refractivity contribution in [3.63, 3.8) is 0 Å². The first kappa shape index (κ1) is 30.5. The second kappa shape index (κ2) is 15.5. The van der Waals surface area contributed by atoms with Gasteiger partial charge in [0.05, 0.1) is 6.04 Å². The summed E-state index contributed by atoms with van der Waals surface area (Å²) >= 11 is 0. The summed E-state index contributed by atoms with van der Waals surface area (Å²) in [5.74, 6) is -4.40. The van der Waals surface area contributed by atoms with Gasteiger partial charge in [-0.15, -0.1) is 0 Å². The van der Waals surface area contributed by atoms with Gasteiger partial charge in [0.1, 0.15) is 23.9 Å². The van der Waals surface area contributed by atoms with Crippen molar-refractivity contribution in [1.82, 2.24) is 21.3 Å². The van der Waals surface area contributed by atoms with E-state index in [1.807, 2.05) is 0 Å². The molecule has 13 nitrogen and oxygen atoms in total. The number of nitrogens with two attached hydrogens (primary N) is 1. The molecule has 3 amide bonds. The largest absolute Gasteiger partial charge is 0.508 e. The number of phenols is 1. The van der Waals surface area contributed by atoms with E-state index in [9.17, 15) is 34.2 Å². The van der Waals surface area contributed by atoms with E-state index in [0.29, 0.717) is 37.9 Å². The number of carboxylic acids is 2. The molecule has 0 aromatic heterocycles. The van der Waals surface area contributed by atoms with Crippen molar-refractivity contribution in [3.8, 4) is 5.75 Å². The second-order valence-electron chi connectivity index (χ2n) is 9.26. The Morgan fingerprint density at radius 3 is 2.16 bits per heavy atom. The van der Waals surface area contributed by atoms with E-state index < -0.39 is 54.3 Å². The maximum atomic E-state index is 13.3. The highest BCUT2D eigenvalue weighted by atomic mass is 16.4. The first-order valence-corrected chi connectivity index (χ1v) is 12.7. The van der Waals surface area contributed by atoms with E-state index in [1.54, 1.807) is 12.1 Å². The molecule has 1 aromatic rings. The Morgan fingerprint density at radius 2 is 1.58 bits per heavy atom. The third-order valence-electron chi connectivity index (χ3n) is 6.23. The molecule has 4 unspecified atom stereocenters. The minimum atomic E-state index is -1.48. The van der Waals surface area contributed by atoms with Gasteiger partial charge in [-0.25, -0.2) is 4.79 Å². The van der Waals surface area contributed by atoms with Crippen molar-refractivity contribution >= 4 is 29.7 Å². The second-order valence-corrected chi connectivity index (χ2v) is 9.26. The van der Waals surface area contributed by atoms with Crippen LogP contribution in [-0.2, 0) is 30.4 Å². The molecule has 13 heteroatoms. The number of benzene rings is 1. The van der Waals surface area contributed by atoms with Gasteiger partial charge in [0.25, 0.3) is 0 Å². The van der Waals surface area contributed by atoms with Crippen LogP contribution in [0.3, 0.4) is 0 Å². The van der Waals surface area contributed by atoms with E-state index in [4.69, 9.17) is 10.8 Å². The molecule has 210 valence electrons. The summed E-state index contributed by atoms with van der Waals surface area (Å²) in [4.78, 5) is 61.6. The highest BCUT2D eigenvalue weighted by Crippen LogP contribution is 2.13. The van der Waals surface area contributed by atoms with Gasteiger partial charge in [-0.2, -0.15) is 0 Å². The third-order valence-corrected chi connectivity index (χ3v) is 6.23. The van der Waals surface area contributed by atoms with Crippen LogP contribution in [0.25, 0.3) is 0 Å². The topological polar surface area (TPSA) is 220 Å². The number of aliphatic carboxylic acids is 2. The molecule has 1 aliphatic heterocycles. The minimum Gasteiger partial charge on any atom is -0.508 e. The Bertz CT molecular complexity index is 965. The number of unbranched alkanes of at least 4 members (excludes halogenated alkanes) is 1. The number of rotatable bonds is 16. The molecule has 1 heterocycles. The summed E-state index contributed by atoms with van der Waals surface area (Å²) in [6, 6.07) is 1.83. The van der Waals surface area contributed by atoms with Crippen molar-refractivity contribution in [2.45, 2.75) is 75.5 Å². The molecule has 2 rings (SSSR count). The number of nitrogens with one attached hydrogen (secondary N) is 4. The molecular formula is C25H37N5O8. The number of carboxylic acid groups (broad SMARTS) is 2. The van der Waals surface area contributed by atoms with Gasteiger partial charge < -0.3 is 42.3 Å². The normalized spacial score (nSPS) is 17.1. The molecule has 0 radical (unpaired) electrons. The van der Waals surface area contributed by atoms with Crippen LogP contribution in [0.15, 0.2) is 24.3 Å². The Balaban J connectivity index is 2.21. The zero-order valence-electron chi connectivity index (χ0n) is 21.2. The molecule has 1 saturated heterocycles. The average molecular weight is 536 g/mol. The summed E-state index contributed by atoms with van der Waals surface area (Å²) < 4.78 is 0. The quantitative estimate of drug-likeness (QED) is 0.123. The van der Waals surface area contributed by atoms with E-state index in [2.05, 4.69) is 21.3 Å². The van der Waals surface area contributed by atoms with Crippen molar-refractivity contribution in [1.29, 1.82) is 0 Å². The zero-order valence-corrected chi connectivity index (χ0v) is 21.2. The summed E-state index contributed by atoms with van der Waals surface area (Å²) in [5.41, 5.74) is 6.14.